The number of hydrogen-bond acceptors (Lipinski definition) is 5. The molecule has 1 aliphatic heterocycles. The van der Waals surface area contributed by atoms with Gasteiger partial charge in [0.25, 0.3) is 11.8 Å². The minimum absolute atomic E-state index is 0.104. The minimum atomic E-state index is -0.917. The lowest BCUT2D eigenvalue weighted by Gasteiger charge is -2.39. The topological polar surface area (TPSA) is 90.7 Å². The third-order valence-corrected chi connectivity index (χ3v) is 4.79. The SMILES string of the molecule is CC(C)(C)N(C(=O)COc1ccccc1)C1CC(=O)N(c2ccc(C#N)cc2)C1=O. The van der Waals surface area contributed by atoms with Gasteiger partial charge in [-0.25, -0.2) is 4.90 Å². The molecule has 2 aromatic rings. The van der Waals surface area contributed by atoms with Gasteiger partial charge in [-0.15, -0.1) is 0 Å². The first-order chi connectivity index (χ1) is 14.2. The highest BCUT2D eigenvalue weighted by atomic mass is 16.5. The molecule has 0 aromatic heterocycles. The van der Waals surface area contributed by atoms with Crippen LogP contribution in [-0.4, -0.2) is 40.8 Å². The van der Waals surface area contributed by atoms with Crippen LogP contribution in [0.5, 0.6) is 5.75 Å². The van der Waals surface area contributed by atoms with E-state index in [1.165, 1.54) is 4.90 Å². The molecule has 0 N–H and O–H groups in total. The van der Waals surface area contributed by atoms with E-state index in [-0.39, 0.29) is 24.8 Å². The van der Waals surface area contributed by atoms with Gasteiger partial charge in [-0.05, 0) is 57.2 Å². The minimum Gasteiger partial charge on any atom is -0.484 e. The van der Waals surface area contributed by atoms with Gasteiger partial charge in [0.2, 0.25) is 5.91 Å². The molecule has 1 heterocycles. The normalized spacial score (nSPS) is 16.3. The van der Waals surface area contributed by atoms with Crippen molar-refractivity contribution in [1.82, 2.24) is 4.90 Å². The standard InChI is InChI=1S/C23H23N3O4/c1-23(2,3)26(21(28)15-30-18-7-5-4-6-8-18)19-13-20(27)25(22(19)29)17-11-9-16(14-24)10-12-17/h4-12,19H,13,15H2,1-3H3. The van der Waals surface area contributed by atoms with Crippen molar-refractivity contribution in [2.24, 2.45) is 0 Å². The number of amides is 3. The van der Waals surface area contributed by atoms with Crippen LogP contribution >= 0.6 is 0 Å². The lowest BCUT2D eigenvalue weighted by atomic mass is 10.0. The fourth-order valence-electron chi connectivity index (χ4n) is 3.52. The molecule has 0 aliphatic carbocycles. The Bertz CT molecular complexity index is 988. The highest BCUT2D eigenvalue weighted by Crippen LogP contribution is 2.30. The number of hydrogen-bond donors (Lipinski definition) is 0. The zero-order valence-electron chi connectivity index (χ0n) is 17.2. The summed E-state index contributed by atoms with van der Waals surface area (Å²) in [5.74, 6) is -0.680. The largest absolute Gasteiger partial charge is 0.484 e. The maximum absolute atomic E-state index is 13.1. The highest BCUT2D eigenvalue weighted by molar-refractivity contribution is 6.23. The van der Waals surface area contributed by atoms with Gasteiger partial charge >= 0.3 is 0 Å². The van der Waals surface area contributed by atoms with Crippen LogP contribution in [-0.2, 0) is 14.4 Å². The van der Waals surface area contributed by atoms with Crippen LogP contribution < -0.4 is 9.64 Å². The summed E-state index contributed by atoms with van der Waals surface area (Å²) in [6, 6.07) is 16.2. The second-order valence-electron chi connectivity index (χ2n) is 7.98. The molecule has 1 atom stereocenters. The van der Waals surface area contributed by atoms with Crippen LogP contribution in [0, 0.1) is 11.3 Å². The molecular formula is C23H23N3O4. The van der Waals surface area contributed by atoms with E-state index in [0.717, 1.165) is 4.90 Å². The predicted octanol–water partition coefficient (Wildman–Crippen LogP) is 2.90. The summed E-state index contributed by atoms with van der Waals surface area (Å²) in [4.78, 5) is 41.3. The number of benzene rings is 2. The fraction of sp³-hybridized carbons (Fsp3) is 0.304. The number of carbonyl (C=O) groups is 3. The Morgan fingerprint density at radius 1 is 1.13 bits per heavy atom. The molecule has 0 saturated carbocycles. The molecule has 30 heavy (non-hydrogen) atoms. The second-order valence-corrected chi connectivity index (χ2v) is 7.98. The molecule has 1 saturated heterocycles. The molecule has 1 aliphatic rings. The molecule has 0 bridgehead atoms. The lowest BCUT2D eigenvalue weighted by molar-refractivity contribution is -0.145. The van der Waals surface area contributed by atoms with Crippen molar-refractivity contribution in [3.05, 3.63) is 60.2 Å². The number of anilines is 1. The first-order valence-electron chi connectivity index (χ1n) is 9.59. The van der Waals surface area contributed by atoms with Gasteiger partial charge in [-0.2, -0.15) is 5.26 Å². The van der Waals surface area contributed by atoms with Crippen molar-refractivity contribution in [3.63, 3.8) is 0 Å². The highest BCUT2D eigenvalue weighted by Gasteiger charge is 2.47. The van der Waals surface area contributed by atoms with Crippen molar-refractivity contribution >= 4 is 23.4 Å². The smallest absolute Gasteiger partial charge is 0.261 e. The summed E-state index contributed by atoms with van der Waals surface area (Å²) >= 11 is 0. The van der Waals surface area contributed by atoms with Gasteiger partial charge in [0.1, 0.15) is 11.8 Å². The Kier molecular flexibility index (Phi) is 5.88. The molecular weight excluding hydrogens is 382 g/mol. The number of para-hydroxylation sites is 1. The molecule has 1 unspecified atom stereocenters. The second kappa shape index (κ2) is 8.37. The Labute approximate surface area is 175 Å². The number of imide groups is 1. The van der Waals surface area contributed by atoms with Gasteiger partial charge < -0.3 is 9.64 Å². The van der Waals surface area contributed by atoms with E-state index in [9.17, 15) is 14.4 Å². The maximum Gasteiger partial charge on any atom is 0.261 e. The Morgan fingerprint density at radius 2 is 1.77 bits per heavy atom. The van der Waals surface area contributed by atoms with Gasteiger partial charge in [0.05, 0.1) is 23.7 Å². The first kappa shape index (κ1) is 21.1. The van der Waals surface area contributed by atoms with E-state index in [1.54, 1.807) is 48.5 Å². The van der Waals surface area contributed by atoms with Crippen LogP contribution in [0.1, 0.15) is 32.8 Å². The third-order valence-electron chi connectivity index (χ3n) is 4.79. The summed E-state index contributed by atoms with van der Waals surface area (Å²) in [5, 5.41) is 8.94. The van der Waals surface area contributed by atoms with E-state index in [4.69, 9.17) is 10.00 Å². The van der Waals surface area contributed by atoms with Gasteiger partial charge in [0.15, 0.2) is 6.61 Å². The van der Waals surface area contributed by atoms with Crippen LogP contribution in [0.15, 0.2) is 54.6 Å². The Balaban J connectivity index is 1.82. The zero-order valence-corrected chi connectivity index (χ0v) is 17.2. The molecule has 154 valence electrons. The average molecular weight is 405 g/mol. The molecule has 0 radical (unpaired) electrons. The van der Waals surface area contributed by atoms with E-state index < -0.39 is 17.5 Å². The van der Waals surface area contributed by atoms with E-state index >= 15 is 0 Å². The number of nitriles is 1. The van der Waals surface area contributed by atoms with Crippen LogP contribution in [0.25, 0.3) is 0 Å². The van der Waals surface area contributed by atoms with Crippen molar-refractivity contribution in [2.45, 2.75) is 38.8 Å². The van der Waals surface area contributed by atoms with Crippen LogP contribution in [0.4, 0.5) is 5.69 Å². The van der Waals surface area contributed by atoms with Gasteiger partial charge in [-0.3, -0.25) is 14.4 Å². The summed E-state index contributed by atoms with van der Waals surface area (Å²) in [6.07, 6.45) is -0.104. The summed E-state index contributed by atoms with van der Waals surface area (Å²) in [7, 11) is 0. The lowest BCUT2D eigenvalue weighted by Crippen LogP contribution is -2.55. The number of nitrogens with zero attached hydrogens (tertiary/aromatic N) is 3. The third kappa shape index (κ3) is 4.33. The molecule has 7 nitrogen and oxygen atoms in total. The van der Waals surface area contributed by atoms with Crippen LogP contribution in [0.2, 0.25) is 0 Å². The average Bonchev–Trinajstić information content (AvgIpc) is 3.00. The molecule has 3 amide bonds. The van der Waals surface area contributed by atoms with Gasteiger partial charge in [0, 0.05) is 5.54 Å². The Hall–Kier alpha value is -3.66. The van der Waals surface area contributed by atoms with Crippen LogP contribution in [0.3, 0.4) is 0 Å². The molecule has 0 spiro atoms. The van der Waals surface area contributed by atoms with Gasteiger partial charge in [-0.1, -0.05) is 18.2 Å². The molecule has 2 aromatic carbocycles. The van der Waals surface area contributed by atoms with Crippen molar-refractivity contribution in [1.29, 1.82) is 5.26 Å². The number of rotatable bonds is 5. The fourth-order valence-corrected chi connectivity index (χ4v) is 3.52. The molecule has 7 heteroatoms. The predicted molar refractivity (Wildman–Crippen MR) is 111 cm³/mol. The van der Waals surface area contributed by atoms with E-state index in [1.807, 2.05) is 32.9 Å². The quantitative estimate of drug-likeness (QED) is 0.714. The zero-order chi connectivity index (χ0) is 21.9. The van der Waals surface area contributed by atoms with E-state index in [2.05, 4.69) is 0 Å². The number of ether oxygens (including phenoxy) is 1. The van der Waals surface area contributed by atoms with E-state index in [0.29, 0.717) is 17.0 Å². The maximum atomic E-state index is 13.1. The van der Waals surface area contributed by atoms with Crippen molar-refractivity contribution < 1.29 is 19.1 Å². The summed E-state index contributed by atoms with van der Waals surface area (Å²) < 4.78 is 5.57. The monoisotopic (exact) mass is 405 g/mol. The summed E-state index contributed by atoms with van der Waals surface area (Å²) in [6.45, 7) is 5.21. The molecule has 3 rings (SSSR count). The Morgan fingerprint density at radius 3 is 2.33 bits per heavy atom. The van der Waals surface area contributed by atoms with Crippen molar-refractivity contribution in [3.8, 4) is 11.8 Å². The molecule has 1 fully saturated rings. The summed E-state index contributed by atoms with van der Waals surface area (Å²) in [5.41, 5.74) is 0.116. The van der Waals surface area contributed by atoms with Crippen molar-refractivity contribution in [2.75, 3.05) is 11.5 Å². The number of carbonyl (C=O) groups excluding carboxylic acids is 3. The first-order valence-corrected chi connectivity index (χ1v) is 9.59.